The zero-order valence-corrected chi connectivity index (χ0v) is 14.4. The predicted molar refractivity (Wildman–Crippen MR) is 90.5 cm³/mol. The lowest BCUT2D eigenvalue weighted by atomic mass is 9.87. The Bertz CT molecular complexity index is 479. The SMILES string of the molecule is CC(=O)[C@H](CC(C)C)NC(=O)C(Cc1ccccc1)C(C)C. The second-order valence-electron chi connectivity index (χ2n) is 6.84. The van der Waals surface area contributed by atoms with Gasteiger partial charge >= 0.3 is 0 Å². The Kier molecular flexibility index (Phi) is 7.30. The molecule has 0 fully saturated rings. The molecule has 2 atom stereocenters. The molecule has 1 N–H and O–H groups in total. The number of amides is 1. The average molecular weight is 303 g/mol. The lowest BCUT2D eigenvalue weighted by Crippen LogP contribution is -2.45. The normalized spacial score (nSPS) is 14.0. The highest BCUT2D eigenvalue weighted by Crippen LogP contribution is 2.18. The van der Waals surface area contributed by atoms with E-state index in [0.717, 1.165) is 5.56 Å². The van der Waals surface area contributed by atoms with Gasteiger partial charge in [0.2, 0.25) is 5.91 Å². The number of rotatable bonds is 8. The first-order valence-corrected chi connectivity index (χ1v) is 8.16. The Balaban J connectivity index is 2.78. The fourth-order valence-corrected chi connectivity index (χ4v) is 2.58. The summed E-state index contributed by atoms with van der Waals surface area (Å²) in [6, 6.07) is 9.66. The van der Waals surface area contributed by atoms with Crippen molar-refractivity contribution >= 4 is 11.7 Å². The van der Waals surface area contributed by atoms with Gasteiger partial charge in [-0.2, -0.15) is 0 Å². The zero-order chi connectivity index (χ0) is 16.7. The molecule has 3 heteroatoms. The van der Waals surface area contributed by atoms with Crippen molar-refractivity contribution in [3.8, 4) is 0 Å². The predicted octanol–water partition coefficient (Wildman–Crippen LogP) is 3.62. The number of carbonyl (C=O) groups excluding carboxylic acids is 2. The minimum absolute atomic E-state index is 0.0142. The molecular weight excluding hydrogens is 274 g/mol. The third-order valence-corrected chi connectivity index (χ3v) is 3.95. The molecule has 0 saturated carbocycles. The van der Waals surface area contributed by atoms with Crippen LogP contribution in [0.2, 0.25) is 0 Å². The van der Waals surface area contributed by atoms with Gasteiger partial charge in [-0.25, -0.2) is 0 Å². The Hall–Kier alpha value is -1.64. The molecule has 1 rings (SSSR count). The van der Waals surface area contributed by atoms with Crippen LogP contribution in [0.4, 0.5) is 0 Å². The summed E-state index contributed by atoms with van der Waals surface area (Å²) in [5, 5.41) is 2.96. The molecule has 0 aromatic heterocycles. The molecule has 122 valence electrons. The number of benzene rings is 1. The van der Waals surface area contributed by atoms with Crippen LogP contribution in [0.5, 0.6) is 0 Å². The van der Waals surface area contributed by atoms with Crippen LogP contribution in [0.15, 0.2) is 30.3 Å². The third-order valence-electron chi connectivity index (χ3n) is 3.95. The molecule has 0 heterocycles. The first-order chi connectivity index (χ1) is 10.3. The highest BCUT2D eigenvalue weighted by molar-refractivity contribution is 5.88. The highest BCUT2D eigenvalue weighted by atomic mass is 16.2. The van der Waals surface area contributed by atoms with E-state index in [-0.39, 0.29) is 29.6 Å². The summed E-state index contributed by atoms with van der Waals surface area (Å²) in [6.07, 6.45) is 1.40. The van der Waals surface area contributed by atoms with Crippen molar-refractivity contribution in [1.29, 1.82) is 0 Å². The minimum Gasteiger partial charge on any atom is -0.346 e. The van der Waals surface area contributed by atoms with E-state index in [1.807, 2.05) is 30.3 Å². The van der Waals surface area contributed by atoms with E-state index in [4.69, 9.17) is 0 Å². The molecule has 0 radical (unpaired) electrons. The topological polar surface area (TPSA) is 46.2 Å². The molecule has 0 bridgehead atoms. The van der Waals surface area contributed by atoms with E-state index in [1.165, 1.54) is 0 Å². The molecule has 0 aliphatic rings. The Labute approximate surface area is 134 Å². The van der Waals surface area contributed by atoms with Crippen LogP contribution in [-0.2, 0) is 16.0 Å². The standard InChI is InChI=1S/C19H29NO2/c1-13(2)11-18(15(5)21)20-19(22)17(14(3)4)12-16-9-7-6-8-10-16/h6-10,13-14,17-18H,11-12H2,1-5H3,(H,20,22)/t17?,18-/m0/s1. The van der Waals surface area contributed by atoms with E-state index in [1.54, 1.807) is 6.92 Å². The summed E-state index contributed by atoms with van der Waals surface area (Å²) < 4.78 is 0. The summed E-state index contributed by atoms with van der Waals surface area (Å²) in [5.41, 5.74) is 1.15. The van der Waals surface area contributed by atoms with Crippen molar-refractivity contribution in [3.63, 3.8) is 0 Å². The first-order valence-electron chi connectivity index (χ1n) is 8.16. The maximum absolute atomic E-state index is 12.6. The van der Waals surface area contributed by atoms with Crippen molar-refractivity contribution < 1.29 is 9.59 Å². The van der Waals surface area contributed by atoms with E-state index in [0.29, 0.717) is 18.8 Å². The van der Waals surface area contributed by atoms with E-state index >= 15 is 0 Å². The monoisotopic (exact) mass is 303 g/mol. The molecule has 1 unspecified atom stereocenters. The van der Waals surface area contributed by atoms with Gasteiger partial charge in [0.05, 0.1) is 6.04 Å². The Morgan fingerprint density at radius 1 is 1.05 bits per heavy atom. The van der Waals surface area contributed by atoms with Gasteiger partial charge in [-0.3, -0.25) is 9.59 Å². The van der Waals surface area contributed by atoms with Gasteiger partial charge in [0.15, 0.2) is 5.78 Å². The van der Waals surface area contributed by atoms with Crippen molar-refractivity contribution in [3.05, 3.63) is 35.9 Å². The minimum atomic E-state index is -0.371. The second-order valence-corrected chi connectivity index (χ2v) is 6.84. The van der Waals surface area contributed by atoms with E-state index in [9.17, 15) is 9.59 Å². The smallest absolute Gasteiger partial charge is 0.224 e. The molecule has 1 aromatic rings. The summed E-state index contributed by atoms with van der Waals surface area (Å²) >= 11 is 0. The molecule has 22 heavy (non-hydrogen) atoms. The van der Waals surface area contributed by atoms with Crippen molar-refractivity contribution in [2.75, 3.05) is 0 Å². The Morgan fingerprint density at radius 3 is 2.09 bits per heavy atom. The summed E-state index contributed by atoms with van der Waals surface area (Å²) in [7, 11) is 0. The maximum atomic E-state index is 12.6. The number of hydrogen-bond donors (Lipinski definition) is 1. The van der Waals surface area contributed by atoms with Crippen LogP contribution < -0.4 is 5.32 Å². The molecule has 3 nitrogen and oxygen atoms in total. The van der Waals surface area contributed by atoms with Gasteiger partial charge in [0.1, 0.15) is 0 Å². The third kappa shape index (κ3) is 6.00. The number of ketones is 1. The lowest BCUT2D eigenvalue weighted by molar-refractivity contribution is -0.130. The molecule has 0 saturated heterocycles. The molecule has 0 aliphatic carbocycles. The summed E-state index contributed by atoms with van der Waals surface area (Å²) in [5.74, 6) is 0.507. The molecule has 0 aliphatic heterocycles. The fourth-order valence-electron chi connectivity index (χ4n) is 2.58. The quantitative estimate of drug-likeness (QED) is 0.797. The Morgan fingerprint density at radius 2 is 1.64 bits per heavy atom. The van der Waals surface area contributed by atoms with Crippen LogP contribution >= 0.6 is 0 Å². The lowest BCUT2D eigenvalue weighted by Gasteiger charge is -2.24. The van der Waals surface area contributed by atoms with Crippen LogP contribution in [-0.4, -0.2) is 17.7 Å². The van der Waals surface area contributed by atoms with Crippen LogP contribution in [0.1, 0.15) is 46.6 Å². The molecule has 0 spiro atoms. The van der Waals surface area contributed by atoms with Gasteiger partial charge in [-0.1, -0.05) is 58.0 Å². The van der Waals surface area contributed by atoms with Gasteiger partial charge < -0.3 is 5.32 Å². The average Bonchev–Trinajstić information content (AvgIpc) is 2.44. The fraction of sp³-hybridized carbons (Fsp3) is 0.579. The summed E-state index contributed by atoms with van der Waals surface area (Å²) in [4.78, 5) is 24.4. The number of nitrogens with one attached hydrogen (secondary N) is 1. The number of carbonyl (C=O) groups is 2. The number of hydrogen-bond acceptors (Lipinski definition) is 2. The van der Waals surface area contributed by atoms with Crippen molar-refractivity contribution in [2.45, 2.75) is 53.5 Å². The van der Waals surface area contributed by atoms with Crippen LogP contribution in [0, 0.1) is 17.8 Å². The van der Waals surface area contributed by atoms with Crippen LogP contribution in [0.3, 0.4) is 0 Å². The zero-order valence-electron chi connectivity index (χ0n) is 14.4. The summed E-state index contributed by atoms with van der Waals surface area (Å²) in [6.45, 7) is 9.78. The maximum Gasteiger partial charge on any atom is 0.224 e. The van der Waals surface area contributed by atoms with Crippen molar-refractivity contribution in [2.24, 2.45) is 17.8 Å². The van der Waals surface area contributed by atoms with E-state index in [2.05, 4.69) is 33.0 Å². The number of Topliss-reactive ketones (excluding diaryl/α,β-unsaturated/α-hetero) is 1. The van der Waals surface area contributed by atoms with Gasteiger partial charge in [-0.15, -0.1) is 0 Å². The van der Waals surface area contributed by atoms with Crippen LogP contribution in [0.25, 0.3) is 0 Å². The molecular formula is C19H29NO2. The largest absolute Gasteiger partial charge is 0.346 e. The molecule has 1 aromatic carbocycles. The van der Waals surface area contributed by atoms with Gasteiger partial charge in [0.25, 0.3) is 0 Å². The molecule has 1 amide bonds. The van der Waals surface area contributed by atoms with E-state index < -0.39 is 0 Å². The second kappa shape index (κ2) is 8.72. The first kappa shape index (κ1) is 18.4. The van der Waals surface area contributed by atoms with Gasteiger partial charge in [-0.05, 0) is 37.2 Å². The van der Waals surface area contributed by atoms with Crippen molar-refractivity contribution in [1.82, 2.24) is 5.32 Å². The highest BCUT2D eigenvalue weighted by Gasteiger charge is 2.26. The van der Waals surface area contributed by atoms with Gasteiger partial charge in [0, 0.05) is 5.92 Å².